The zero-order chi connectivity index (χ0) is 14.8. The summed E-state index contributed by atoms with van der Waals surface area (Å²) in [6, 6.07) is 4.60. The molecular formula is C11H12F3N5O. The predicted octanol–water partition coefficient (Wildman–Crippen LogP) is 1.88. The fourth-order valence-corrected chi connectivity index (χ4v) is 1.69. The number of aromatic nitrogens is 4. The molecule has 0 spiro atoms. The van der Waals surface area contributed by atoms with E-state index in [0.29, 0.717) is 28.3 Å². The van der Waals surface area contributed by atoms with Gasteiger partial charge >= 0.3 is 6.18 Å². The zero-order valence-electron chi connectivity index (χ0n) is 10.6. The number of ether oxygens (including phenoxy) is 1. The van der Waals surface area contributed by atoms with Crippen molar-refractivity contribution >= 4 is 5.69 Å². The Labute approximate surface area is 112 Å². The van der Waals surface area contributed by atoms with Crippen molar-refractivity contribution in [1.29, 1.82) is 0 Å². The summed E-state index contributed by atoms with van der Waals surface area (Å²) in [4.78, 5) is 0. The Balaban J connectivity index is 2.39. The van der Waals surface area contributed by atoms with E-state index < -0.39 is 12.7 Å². The van der Waals surface area contributed by atoms with Gasteiger partial charge in [-0.25, -0.2) is 4.68 Å². The molecule has 0 aliphatic carbocycles. The summed E-state index contributed by atoms with van der Waals surface area (Å²) in [5, 5.41) is 10.2. The minimum absolute atomic E-state index is 0.0180. The Morgan fingerprint density at radius 2 is 2.05 bits per heavy atom. The number of benzene rings is 1. The van der Waals surface area contributed by atoms with Crippen molar-refractivity contribution in [3.63, 3.8) is 0 Å². The van der Waals surface area contributed by atoms with E-state index >= 15 is 0 Å². The molecule has 0 fully saturated rings. The van der Waals surface area contributed by atoms with Gasteiger partial charge in [0.1, 0.15) is 12.3 Å². The minimum Gasteiger partial charge on any atom is -0.494 e. The smallest absolute Gasteiger partial charge is 0.408 e. The van der Waals surface area contributed by atoms with Gasteiger partial charge < -0.3 is 10.5 Å². The third-order valence-corrected chi connectivity index (χ3v) is 2.36. The number of nitrogens with zero attached hydrogens (tertiary/aromatic N) is 4. The average molecular weight is 287 g/mol. The molecule has 0 unspecified atom stereocenters. The second-order valence-electron chi connectivity index (χ2n) is 4.00. The van der Waals surface area contributed by atoms with Gasteiger partial charge in [-0.3, -0.25) is 0 Å². The average Bonchev–Trinajstić information content (AvgIpc) is 2.74. The third-order valence-electron chi connectivity index (χ3n) is 2.36. The summed E-state index contributed by atoms with van der Waals surface area (Å²) in [6.07, 6.45) is -4.41. The number of halogens is 3. The monoisotopic (exact) mass is 287 g/mol. The van der Waals surface area contributed by atoms with Crippen LogP contribution in [-0.4, -0.2) is 33.0 Å². The van der Waals surface area contributed by atoms with Crippen molar-refractivity contribution in [3.8, 4) is 17.1 Å². The van der Waals surface area contributed by atoms with Crippen molar-refractivity contribution in [2.75, 3.05) is 12.3 Å². The highest BCUT2D eigenvalue weighted by atomic mass is 19.4. The van der Waals surface area contributed by atoms with E-state index in [1.807, 2.05) is 0 Å². The lowest BCUT2D eigenvalue weighted by Crippen LogP contribution is -2.19. The maximum Gasteiger partial charge on any atom is 0.408 e. The van der Waals surface area contributed by atoms with Gasteiger partial charge in [-0.2, -0.15) is 13.2 Å². The normalized spacial score (nSPS) is 11.6. The van der Waals surface area contributed by atoms with E-state index in [-0.39, 0.29) is 5.82 Å². The first-order valence-corrected chi connectivity index (χ1v) is 5.75. The SMILES string of the molecule is CCOc1cc(N)cc(-c2nnnn2CC(F)(F)F)c1. The van der Waals surface area contributed by atoms with E-state index in [0.717, 1.165) is 0 Å². The maximum absolute atomic E-state index is 12.4. The van der Waals surface area contributed by atoms with Crippen LogP contribution in [0.1, 0.15) is 6.92 Å². The number of nitrogens with two attached hydrogens (primary N) is 1. The fraction of sp³-hybridized carbons (Fsp3) is 0.364. The first kappa shape index (κ1) is 14.1. The van der Waals surface area contributed by atoms with Gasteiger partial charge in [0.2, 0.25) is 0 Å². The highest BCUT2D eigenvalue weighted by Crippen LogP contribution is 2.27. The molecule has 9 heteroatoms. The molecule has 1 heterocycles. The Morgan fingerprint density at radius 3 is 2.70 bits per heavy atom. The Morgan fingerprint density at radius 1 is 1.30 bits per heavy atom. The van der Waals surface area contributed by atoms with Crippen LogP contribution in [0.2, 0.25) is 0 Å². The molecule has 0 saturated carbocycles. The topological polar surface area (TPSA) is 78.8 Å². The van der Waals surface area contributed by atoms with Crippen molar-refractivity contribution < 1.29 is 17.9 Å². The number of alkyl halides is 3. The van der Waals surface area contributed by atoms with Crippen LogP contribution in [0.25, 0.3) is 11.4 Å². The Kier molecular flexibility index (Phi) is 3.77. The standard InChI is InChI=1S/C11H12F3N5O/c1-2-20-9-4-7(3-8(15)5-9)10-16-17-18-19(10)6-11(12,13)14/h3-5H,2,6,15H2,1H3. The largest absolute Gasteiger partial charge is 0.494 e. The predicted molar refractivity (Wildman–Crippen MR) is 64.9 cm³/mol. The van der Waals surface area contributed by atoms with Gasteiger partial charge in [-0.15, -0.1) is 5.10 Å². The molecule has 2 N–H and O–H groups in total. The van der Waals surface area contributed by atoms with Crippen LogP contribution in [0, 0.1) is 0 Å². The van der Waals surface area contributed by atoms with Crippen molar-refractivity contribution in [3.05, 3.63) is 18.2 Å². The first-order chi connectivity index (χ1) is 9.39. The molecule has 0 aliphatic heterocycles. The number of rotatable bonds is 4. The number of nitrogen functional groups attached to an aromatic ring is 1. The molecule has 0 aliphatic rings. The molecule has 1 aromatic carbocycles. The number of tetrazole rings is 1. The molecule has 2 rings (SSSR count). The van der Waals surface area contributed by atoms with Crippen molar-refractivity contribution in [1.82, 2.24) is 20.2 Å². The fourth-order valence-electron chi connectivity index (χ4n) is 1.69. The lowest BCUT2D eigenvalue weighted by molar-refractivity contribution is -0.142. The van der Waals surface area contributed by atoms with Crippen LogP contribution in [0.5, 0.6) is 5.75 Å². The molecular weight excluding hydrogens is 275 g/mol. The maximum atomic E-state index is 12.4. The number of hydrogen-bond acceptors (Lipinski definition) is 5. The van der Waals surface area contributed by atoms with E-state index in [1.54, 1.807) is 19.1 Å². The van der Waals surface area contributed by atoms with Gasteiger partial charge in [-0.05, 0) is 29.5 Å². The molecule has 2 aromatic rings. The summed E-state index contributed by atoms with van der Waals surface area (Å²) < 4.78 is 43.2. The second kappa shape index (κ2) is 5.35. The number of anilines is 1. The summed E-state index contributed by atoms with van der Waals surface area (Å²) in [6.45, 7) is 0.932. The van der Waals surface area contributed by atoms with Crippen LogP contribution >= 0.6 is 0 Å². The zero-order valence-corrected chi connectivity index (χ0v) is 10.6. The van der Waals surface area contributed by atoms with Crippen LogP contribution in [0.4, 0.5) is 18.9 Å². The Hall–Kier alpha value is -2.32. The first-order valence-electron chi connectivity index (χ1n) is 5.75. The molecule has 0 saturated heterocycles. The van der Waals surface area contributed by atoms with E-state index in [4.69, 9.17) is 10.5 Å². The Bertz CT molecular complexity index is 596. The summed E-state index contributed by atoms with van der Waals surface area (Å²) in [5.74, 6) is 0.430. The van der Waals surface area contributed by atoms with Gasteiger partial charge in [-0.1, -0.05) is 0 Å². The quantitative estimate of drug-likeness (QED) is 0.869. The highest BCUT2D eigenvalue weighted by molar-refractivity contribution is 5.64. The molecule has 0 amide bonds. The highest BCUT2D eigenvalue weighted by Gasteiger charge is 2.30. The lowest BCUT2D eigenvalue weighted by Gasteiger charge is -2.10. The molecule has 0 atom stereocenters. The molecule has 20 heavy (non-hydrogen) atoms. The van der Waals surface area contributed by atoms with Gasteiger partial charge in [0.15, 0.2) is 5.82 Å². The van der Waals surface area contributed by atoms with Crippen LogP contribution in [0.15, 0.2) is 18.2 Å². The van der Waals surface area contributed by atoms with Gasteiger partial charge in [0.05, 0.1) is 6.61 Å². The molecule has 0 bridgehead atoms. The van der Waals surface area contributed by atoms with Gasteiger partial charge in [0, 0.05) is 17.3 Å². The van der Waals surface area contributed by atoms with E-state index in [9.17, 15) is 13.2 Å². The van der Waals surface area contributed by atoms with E-state index in [1.165, 1.54) is 6.07 Å². The molecule has 0 radical (unpaired) electrons. The lowest BCUT2D eigenvalue weighted by atomic mass is 10.1. The van der Waals surface area contributed by atoms with Gasteiger partial charge in [0.25, 0.3) is 0 Å². The van der Waals surface area contributed by atoms with E-state index in [2.05, 4.69) is 15.5 Å². The van der Waals surface area contributed by atoms with Crippen LogP contribution in [-0.2, 0) is 6.54 Å². The van der Waals surface area contributed by atoms with Crippen LogP contribution < -0.4 is 10.5 Å². The molecule has 108 valence electrons. The minimum atomic E-state index is -4.41. The van der Waals surface area contributed by atoms with Crippen molar-refractivity contribution in [2.24, 2.45) is 0 Å². The number of hydrogen-bond donors (Lipinski definition) is 1. The third kappa shape index (κ3) is 3.37. The van der Waals surface area contributed by atoms with Crippen molar-refractivity contribution in [2.45, 2.75) is 19.6 Å². The summed E-state index contributed by atoms with van der Waals surface area (Å²) >= 11 is 0. The summed E-state index contributed by atoms with van der Waals surface area (Å²) in [5.41, 5.74) is 6.41. The molecule has 6 nitrogen and oxygen atoms in total. The van der Waals surface area contributed by atoms with Crippen LogP contribution in [0.3, 0.4) is 0 Å². The second-order valence-corrected chi connectivity index (χ2v) is 4.00. The summed E-state index contributed by atoms with van der Waals surface area (Å²) in [7, 11) is 0. The molecule has 1 aromatic heterocycles.